The summed E-state index contributed by atoms with van der Waals surface area (Å²) in [5.74, 6) is -0.0555. The lowest BCUT2D eigenvalue weighted by molar-refractivity contribution is 0.0962. The van der Waals surface area contributed by atoms with Crippen molar-refractivity contribution in [1.82, 2.24) is 5.32 Å². The van der Waals surface area contributed by atoms with E-state index >= 15 is 0 Å². The van der Waals surface area contributed by atoms with E-state index in [0.717, 1.165) is 21.6 Å². The highest BCUT2D eigenvalue weighted by molar-refractivity contribution is 9.11. The highest BCUT2D eigenvalue weighted by Crippen LogP contribution is 2.24. The Labute approximate surface area is 125 Å². The Kier molecular flexibility index (Phi) is 4.61. The Morgan fingerprint density at radius 2 is 2.11 bits per heavy atom. The van der Waals surface area contributed by atoms with Crippen LogP contribution in [0.25, 0.3) is 0 Å². The highest BCUT2D eigenvalue weighted by Gasteiger charge is 2.09. The lowest BCUT2D eigenvalue weighted by Gasteiger charge is -2.12. The van der Waals surface area contributed by atoms with Gasteiger partial charge < -0.3 is 10.6 Å². The largest absolute Gasteiger partial charge is 0.380 e. The minimum absolute atomic E-state index is 0.0555. The van der Waals surface area contributed by atoms with Crippen LogP contribution in [0.2, 0.25) is 0 Å². The van der Waals surface area contributed by atoms with Crippen molar-refractivity contribution in [1.29, 1.82) is 0 Å². The van der Waals surface area contributed by atoms with Gasteiger partial charge in [-0.3, -0.25) is 4.79 Å². The highest BCUT2D eigenvalue weighted by atomic mass is 79.9. The van der Waals surface area contributed by atoms with Crippen molar-refractivity contribution in [2.75, 3.05) is 12.4 Å². The summed E-state index contributed by atoms with van der Waals surface area (Å²) in [5.41, 5.74) is 2.67. The molecular formula is C14H15BrN2OS. The van der Waals surface area contributed by atoms with Gasteiger partial charge in [0, 0.05) is 29.7 Å². The Morgan fingerprint density at radius 1 is 1.32 bits per heavy atom. The van der Waals surface area contributed by atoms with Crippen LogP contribution in [0.15, 0.2) is 34.1 Å². The summed E-state index contributed by atoms with van der Waals surface area (Å²) in [6.07, 6.45) is 0. The Balaban J connectivity index is 2.14. The quantitative estimate of drug-likeness (QED) is 0.890. The number of carbonyl (C=O) groups excluding carboxylic acids is 1. The van der Waals surface area contributed by atoms with E-state index in [1.54, 1.807) is 18.4 Å². The molecule has 0 aliphatic rings. The first-order valence-electron chi connectivity index (χ1n) is 5.91. The van der Waals surface area contributed by atoms with E-state index in [-0.39, 0.29) is 5.91 Å². The van der Waals surface area contributed by atoms with Gasteiger partial charge in [-0.15, -0.1) is 11.3 Å². The maximum atomic E-state index is 11.7. The van der Waals surface area contributed by atoms with Gasteiger partial charge in [-0.25, -0.2) is 0 Å². The minimum Gasteiger partial charge on any atom is -0.380 e. The van der Waals surface area contributed by atoms with Gasteiger partial charge in [-0.2, -0.15) is 0 Å². The number of nitrogens with one attached hydrogen (secondary N) is 2. The summed E-state index contributed by atoms with van der Waals surface area (Å²) in [6, 6.07) is 9.84. The molecule has 2 aromatic rings. The van der Waals surface area contributed by atoms with E-state index in [1.807, 2.05) is 31.2 Å². The first-order chi connectivity index (χ1) is 9.11. The molecule has 0 fully saturated rings. The molecule has 0 saturated carbocycles. The predicted molar refractivity (Wildman–Crippen MR) is 83.9 cm³/mol. The molecule has 1 aromatic carbocycles. The van der Waals surface area contributed by atoms with Gasteiger partial charge in [0.25, 0.3) is 5.91 Å². The molecule has 0 spiro atoms. The summed E-state index contributed by atoms with van der Waals surface area (Å²) in [5, 5.41) is 6.03. The summed E-state index contributed by atoms with van der Waals surface area (Å²) >= 11 is 5.15. The first kappa shape index (κ1) is 14.1. The van der Waals surface area contributed by atoms with Crippen LogP contribution in [0, 0.1) is 6.92 Å². The minimum atomic E-state index is -0.0555. The van der Waals surface area contributed by atoms with E-state index < -0.39 is 0 Å². The summed E-state index contributed by atoms with van der Waals surface area (Å²) in [7, 11) is 1.64. The van der Waals surface area contributed by atoms with Crippen LogP contribution >= 0.6 is 27.3 Å². The summed E-state index contributed by atoms with van der Waals surface area (Å²) < 4.78 is 1.13. The van der Waals surface area contributed by atoms with Gasteiger partial charge in [0.1, 0.15) is 0 Å². The molecule has 0 bridgehead atoms. The van der Waals surface area contributed by atoms with Crippen LogP contribution in [0.4, 0.5) is 5.69 Å². The number of hydrogen-bond donors (Lipinski definition) is 2. The molecule has 0 aliphatic heterocycles. The molecule has 3 nitrogen and oxygen atoms in total. The van der Waals surface area contributed by atoms with Crippen LogP contribution in [-0.4, -0.2) is 13.0 Å². The normalized spacial score (nSPS) is 10.3. The predicted octanol–water partition coefficient (Wildman–Crippen LogP) is 3.79. The number of anilines is 1. The number of amides is 1. The van der Waals surface area contributed by atoms with Crippen LogP contribution < -0.4 is 10.6 Å². The van der Waals surface area contributed by atoms with Crippen LogP contribution in [0.1, 0.15) is 20.8 Å². The molecule has 5 heteroatoms. The smallest absolute Gasteiger partial charge is 0.251 e. The maximum Gasteiger partial charge on any atom is 0.251 e. The van der Waals surface area contributed by atoms with Crippen molar-refractivity contribution >= 4 is 38.9 Å². The topological polar surface area (TPSA) is 41.1 Å². The average Bonchev–Trinajstić information content (AvgIpc) is 2.82. The van der Waals surface area contributed by atoms with E-state index in [4.69, 9.17) is 0 Å². The number of rotatable bonds is 4. The summed E-state index contributed by atoms with van der Waals surface area (Å²) in [6.45, 7) is 2.71. The van der Waals surface area contributed by atoms with Gasteiger partial charge in [-0.1, -0.05) is 6.07 Å². The monoisotopic (exact) mass is 338 g/mol. The SMILES string of the molecule is CNC(=O)c1cccc(NCc2ccc(Br)s2)c1C. The third-order valence-electron chi connectivity index (χ3n) is 2.89. The van der Waals surface area contributed by atoms with Crippen LogP contribution in [0.3, 0.4) is 0 Å². The molecule has 100 valence electrons. The third-order valence-corrected chi connectivity index (χ3v) is 4.51. The zero-order chi connectivity index (χ0) is 13.8. The molecule has 1 heterocycles. The molecule has 0 unspecified atom stereocenters. The average molecular weight is 339 g/mol. The van der Waals surface area contributed by atoms with Crippen molar-refractivity contribution in [3.8, 4) is 0 Å². The Hall–Kier alpha value is -1.33. The second-order valence-electron chi connectivity index (χ2n) is 4.12. The van der Waals surface area contributed by atoms with Gasteiger partial charge in [0.2, 0.25) is 0 Å². The number of benzene rings is 1. The number of hydrogen-bond acceptors (Lipinski definition) is 3. The van der Waals surface area contributed by atoms with E-state index in [1.165, 1.54) is 4.88 Å². The molecule has 0 radical (unpaired) electrons. The zero-order valence-electron chi connectivity index (χ0n) is 10.8. The molecule has 2 N–H and O–H groups in total. The lowest BCUT2D eigenvalue weighted by atomic mass is 10.1. The standard InChI is InChI=1S/C14H15BrN2OS/c1-9-11(14(18)16-2)4-3-5-12(9)17-8-10-6-7-13(15)19-10/h3-7,17H,8H2,1-2H3,(H,16,18). The second-order valence-corrected chi connectivity index (χ2v) is 6.66. The number of thiophene rings is 1. The molecule has 1 amide bonds. The Morgan fingerprint density at radius 3 is 2.74 bits per heavy atom. The fourth-order valence-corrected chi connectivity index (χ4v) is 3.26. The maximum absolute atomic E-state index is 11.7. The molecule has 0 saturated heterocycles. The van der Waals surface area contributed by atoms with Gasteiger partial charge in [0.05, 0.1) is 3.79 Å². The molecule has 0 atom stereocenters. The van der Waals surface area contributed by atoms with Gasteiger partial charge in [0.15, 0.2) is 0 Å². The van der Waals surface area contributed by atoms with Crippen LogP contribution in [0.5, 0.6) is 0 Å². The van der Waals surface area contributed by atoms with Gasteiger partial charge >= 0.3 is 0 Å². The molecule has 19 heavy (non-hydrogen) atoms. The fourth-order valence-electron chi connectivity index (χ4n) is 1.84. The fraction of sp³-hybridized carbons (Fsp3) is 0.214. The molecular weight excluding hydrogens is 324 g/mol. The number of halogens is 1. The van der Waals surface area contributed by atoms with E-state index in [0.29, 0.717) is 5.56 Å². The first-order valence-corrected chi connectivity index (χ1v) is 7.52. The second kappa shape index (κ2) is 6.21. The number of carbonyl (C=O) groups is 1. The van der Waals surface area contributed by atoms with Crippen molar-refractivity contribution in [2.24, 2.45) is 0 Å². The zero-order valence-corrected chi connectivity index (χ0v) is 13.2. The Bertz CT molecular complexity index is 595. The van der Waals surface area contributed by atoms with E-state index in [2.05, 4.69) is 32.6 Å². The van der Waals surface area contributed by atoms with E-state index in [9.17, 15) is 4.79 Å². The lowest BCUT2D eigenvalue weighted by Crippen LogP contribution is -2.19. The van der Waals surface area contributed by atoms with Crippen molar-refractivity contribution in [2.45, 2.75) is 13.5 Å². The van der Waals surface area contributed by atoms with Crippen molar-refractivity contribution in [3.05, 3.63) is 50.1 Å². The van der Waals surface area contributed by atoms with Crippen molar-refractivity contribution in [3.63, 3.8) is 0 Å². The summed E-state index contributed by atoms with van der Waals surface area (Å²) in [4.78, 5) is 13.0. The third kappa shape index (κ3) is 3.36. The van der Waals surface area contributed by atoms with Crippen molar-refractivity contribution < 1.29 is 4.79 Å². The molecule has 0 aliphatic carbocycles. The molecule has 2 rings (SSSR count). The van der Waals surface area contributed by atoms with Gasteiger partial charge in [-0.05, 0) is 52.7 Å². The van der Waals surface area contributed by atoms with Crippen LogP contribution in [-0.2, 0) is 6.54 Å². The molecule has 1 aromatic heterocycles.